The summed E-state index contributed by atoms with van der Waals surface area (Å²) in [5, 5.41) is 9.22. The summed E-state index contributed by atoms with van der Waals surface area (Å²) in [6.45, 7) is 3.01. The standard InChI is InChI=1S/C34H40N8O3/c1-41(2)20-7-21-44-28-16-12-25(13-17-28)32-40-30-31(36-23-37-33(30)45-32)35-19-18-24-10-14-27(15-11-24)38-34(43)39-29-9-6-5-8-26(29)22-42(3)4/h5-6,8-17,23H,7,18-22H2,1-4H3,(H,35,36,37)(H2,38,39,43). The molecule has 11 nitrogen and oxygen atoms in total. The summed E-state index contributed by atoms with van der Waals surface area (Å²) in [6, 6.07) is 23.0. The Labute approximate surface area is 263 Å². The molecule has 0 saturated carbocycles. The summed E-state index contributed by atoms with van der Waals surface area (Å²) in [4.78, 5) is 30.2. The van der Waals surface area contributed by atoms with Gasteiger partial charge in [-0.2, -0.15) is 4.98 Å². The van der Waals surface area contributed by atoms with Crippen LogP contribution in [-0.4, -0.2) is 78.7 Å². The predicted molar refractivity (Wildman–Crippen MR) is 179 cm³/mol. The fraction of sp³-hybridized carbons (Fsp3) is 0.294. The lowest BCUT2D eigenvalue weighted by molar-refractivity contribution is 0.262. The normalized spacial score (nSPS) is 11.2. The Bertz CT molecular complexity index is 1680. The Balaban J connectivity index is 1.13. The number of urea groups is 1. The predicted octanol–water partition coefficient (Wildman–Crippen LogP) is 5.98. The Hall–Kier alpha value is -5.00. The van der Waals surface area contributed by atoms with E-state index in [1.807, 2.05) is 86.9 Å². The number of amides is 2. The number of benzene rings is 3. The topological polar surface area (TPSA) is 121 Å². The van der Waals surface area contributed by atoms with Crippen molar-refractivity contribution in [2.75, 3.05) is 63.8 Å². The number of fused-ring (bicyclic) bond motifs is 1. The van der Waals surface area contributed by atoms with Gasteiger partial charge in [0.05, 0.1) is 6.61 Å². The van der Waals surface area contributed by atoms with Crippen molar-refractivity contribution < 1.29 is 13.9 Å². The van der Waals surface area contributed by atoms with E-state index in [0.29, 0.717) is 41.8 Å². The third kappa shape index (κ3) is 9.01. The highest BCUT2D eigenvalue weighted by atomic mass is 16.5. The van der Waals surface area contributed by atoms with E-state index in [4.69, 9.17) is 9.15 Å². The molecule has 3 aromatic carbocycles. The van der Waals surface area contributed by atoms with Gasteiger partial charge in [-0.1, -0.05) is 30.3 Å². The second kappa shape index (κ2) is 15.1. The minimum Gasteiger partial charge on any atom is -0.494 e. The first kappa shape index (κ1) is 31.4. The molecule has 45 heavy (non-hydrogen) atoms. The molecule has 0 bridgehead atoms. The van der Waals surface area contributed by atoms with Crippen molar-refractivity contribution in [3.63, 3.8) is 0 Å². The number of para-hydroxylation sites is 1. The van der Waals surface area contributed by atoms with Crippen LogP contribution >= 0.6 is 0 Å². The summed E-state index contributed by atoms with van der Waals surface area (Å²) in [6.07, 6.45) is 3.18. The van der Waals surface area contributed by atoms with Crippen LogP contribution in [0.3, 0.4) is 0 Å². The van der Waals surface area contributed by atoms with E-state index in [-0.39, 0.29) is 6.03 Å². The smallest absolute Gasteiger partial charge is 0.323 e. The number of carbonyl (C=O) groups excluding carboxylic acids is 1. The van der Waals surface area contributed by atoms with Gasteiger partial charge in [-0.3, -0.25) is 0 Å². The minimum absolute atomic E-state index is 0.282. The molecular formula is C34H40N8O3. The molecule has 5 rings (SSSR count). The zero-order valence-corrected chi connectivity index (χ0v) is 26.2. The third-order valence-corrected chi connectivity index (χ3v) is 6.99. The number of nitrogens with one attached hydrogen (secondary N) is 3. The van der Waals surface area contributed by atoms with Gasteiger partial charge in [0.2, 0.25) is 5.89 Å². The van der Waals surface area contributed by atoms with Gasteiger partial charge in [-0.15, -0.1) is 0 Å². The van der Waals surface area contributed by atoms with Crippen molar-refractivity contribution in [1.82, 2.24) is 24.8 Å². The Morgan fingerprint density at radius 2 is 1.67 bits per heavy atom. The number of nitrogens with zero attached hydrogens (tertiary/aromatic N) is 5. The number of aromatic nitrogens is 3. The van der Waals surface area contributed by atoms with E-state index in [1.165, 1.54) is 6.33 Å². The number of oxazole rings is 1. The molecule has 0 radical (unpaired) electrons. The monoisotopic (exact) mass is 608 g/mol. The van der Waals surface area contributed by atoms with Crippen LogP contribution in [0.5, 0.6) is 5.75 Å². The van der Waals surface area contributed by atoms with E-state index in [2.05, 4.69) is 54.8 Å². The van der Waals surface area contributed by atoms with E-state index < -0.39 is 0 Å². The van der Waals surface area contributed by atoms with Crippen LogP contribution < -0.4 is 20.7 Å². The van der Waals surface area contributed by atoms with Crippen molar-refractivity contribution in [2.24, 2.45) is 0 Å². The molecule has 2 amide bonds. The van der Waals surface area contributed by atoms with Gasteiger partial charge in [-0.05, 0) is 94.6 Å². The maximum atomic E-state index is 12.6. The third-order valence-electron chi connectivity index (χ3n) is 6.99. The van der Waals surface area contributed by atoms with Gasteiger partial charge in [-0.25, -0.2) is 14.8 Å². The molecule has 0 aliphatic heterocycles. The lowest BCUT2D eigenvalue weighted by Gasteiger charge is -2.15. The molecule has 234 valence electrons. The number of rotatable bonds is 14. The number of hydrogen-bond acceptors (Lipinski definition) is 9. The van der Waals surface area contributed by atoms with Gasteiger partial charge in [0.25, 0.3) is 5.71 Å². The Morgan fingerprint density at radius 1 is 0.889 bits per heavy atom. The molecule has 0 aliphatic carbocycles. The van der Waals surface area contributed by atoms with Gasteiger partial charge in [0.15, 0.2) is 11.3 Å². The van der Waals surface area contributed by atoms with E-state index in [9.17, 15) is 4.79 Å². The molecule has 5 aromatic rings. The first-order chi connectivity index (χ1) is 21.8. The summed E-state index contributed by atoms with van der Waals surface area (Å²) < 4.78 is 11.8. The molecule has 2 heterocycles. The van der Waals surface area contributed by atoms with Crippen LogP contribution in [0.2, 0.25) is 0 Å². The fourth-order valence-electron chi connectivity index (χ4n) is 4.76. The molecule has 0 fully saturated rings. The van der Waals surface area contributed by atoms with Crippen LogP contribution in [0.25, 0.3) is 22.7 Å². The second-order valence-corrected chi connectivity index (χ2v) is 11.3. The summed E-state index contributed by atoms with van der Waals surface area (Å²) in [5.41, 5.74) is 5.50. The SMILES string of the molecule is CN(C)CCCOc1ccc(-c2nc3c(NCCc4ccc(NC(=O)Nc5ccccc5CN(C)C)cc4)ncnc3o2)cc1. The van der Waals surface area contributed by atoms with Crippen LogP contribution in [0, 0.1) is 0 Å². The maximum Gasteiger partial charge on any atom is 0.323 e. The molecule has 2 aromatic heterocycles. The molecular weight excluding hydrogens is 568 g/mol. The summed E-state index contributed by atoms with van der Waals surface area (Å²) in [5.74, 6) is 1.89. The van der Waals surface area contributed by atoms with Crippen LogP contribution in [-0.2, 0) is 13.0 Å². The molecule has 11 heteroatoms. The first-order valence-corrected chi connectivity index (χ1v) is 15.0. The molecule has 0 unspecified atom stereocenters. The zero-order chi connectivity index (χ0) is 31.6. The molecule has 0 aliphatic rings. The average molecular weight is 609 g/mol. The summed E-state index contributed by atoms with van der Waals surface area (Å²) >= 11 is 0. The maximum absolute atomic E-state index is 12.6. The van der Waals surface area contributed by atoms with Crippen LogP contribution in [0.4, 0.5) is 22.0 Å². The second-order valence-electron chi connectivity index (χ2n) is 11.3. The lowest BCUT2D eigenvalue weighted by Crippen LogP contribution is -2.21. The largest absolute Gasteiger partial charge is 0.494 e. The highest BCUT2D eigenvalue weighted by Gasteiger charge is 2.14. The van der Waals surface area contributed by atoms with Gasteiger partial charge in [0, 0.05) is 36.6 Å². The Kier molecular flexibility index (Phi) is 10.6. The van der Waals surface area contributed by atoms with Crippen molar-refractivity contribution >= 4 is 34.5 Å². The lowest BCUT2D eigenvalue weighted by atomic mass is 10.1. The summed E-state index contributed by atoms with van der Waals surface area (Å²) in [7, 11) is 8.10. The average Bonchev–Trinajstić information content (AvgIpc) is 3.47. The van der Waals surface area contributed by atoms with E-state index in [0.717, 1.165) is 54.1 Å². The molecule has 0 atom stereocenters. The van der Waals surface area contributed by atoms with Crippen molar-refractivity contribution in [3.05, 3.63) is 90.3 Å². The van der Waals surface area contributed by atoms with Gasteiger partial charge >= 0.3 is 6.03 Å². The molecule has 0 spiro atoms. The van der Waals surface area contributed by atoms with E-state index in [1.54, 1.807) is 0 Å². The molecule has 0 saturated heterocycles. The van der Waals surface area contributed by atoms with Crippen molar-refractivity contribution in [3.8, 4) is 17.2 Å². The van der Waals surface area contributed by atoms with Crippen molar-refractivity contribution in [2.45, 2.75) is 19.4 Å². The van der Waals surface area contributed by atoms with Crippen LogP contribution in [0.1, 0.15) is 17.5 Å². The number of carbonyl (C=O) groups is 1. The molecule has 3 N–H and O–H groups in total. The van der Waals surface area contributed by atoms with Gasteiger partial charge in [0.1, 0.15) is 12.1 Å². The van der Waals surface area contributed by atoms with E-state index >= 15 is 0 Å². The zero-order valence-electron chi connectivity index (χ0n) is 26.2. The fourth-order valence-corrected chi connectivity index (χ4v) is 4.76. The minimum atomic E-state index is -0.282. The number of hydrogen-bond donors (Lipinski definition) is 3. The first-order valence-electron chi connectivity index (χ1n) is 15.0. The Morgan fingerprint density at radius 3 is 2.42 bits per heavy atom. The van der Waals surface area contributed by atoms with Crippen LogP contribution in [0.15, 0.2) is 83.5 Å². The highest BCUT2D eigenvalue weighted by molar-refractivity contribution is 6.00. The highest BCUT2D eigenvalue weighted by Crippen LogP contribution is 2.27. The number of anilines is 3. The quantitative estimate of drug-likeness (QED) is 0.131. The number of ether oxygens (including phenoxy) is 1. The van der Waals surface area contributed by atoms with Crippen molar-refractivity contribution in [1.29, 1.82) is 0 Å². The van der Waals surface area contributed by atoms with Gasteiger partial charge < -0.3 is 34.9 Å².